The van der Waals surface area contributed by atoms with Crippen molar-refractivity contribution in [1.82, 2.24) is 5.43 Å². The summed E-state index contributed by atoms with van der Waals surface area (Å²) in [5, 5.41) is 4.10. The number of nitrogens with one attached hydrogen (secondary N) is 1. The van der Waals surface area contributed by atoms with Crippen LogP contribution in [0.3, 0.4) is 0 Å². The van der Waals surface area contributed by atoms with Crippen molar-refractivity contribution in [3.05, 3.63) is 59.4 Å². The van der Waals surface area contributed by atoms with Gasteiger partial charge in [-0.05, 0) is 30.3 Å². The van der Waals surface area contributed by atoms with E-state index in [1.54, 1.807) is 17.8 Å². The molecule has 0 aliphatic carbocycles. The van der Waals surface area contributed by atoms with Crippen molar-refractivity contribution in [3.8, 4) is 0 Å². The van der Waals surface area contributed by atoms with Gasteiger partial charge in [0.05, 0.1) is 17.0 Å². The minimum absolute atomic E-state index is 0.287. The maximum Gasteiger partial charge on any atom is 0.418 e. The summed E-state index contributed by atoms with van der Waals surface area (Å²) in [6, 6.07) is 9.25. The van der Waals surface area contributed by atoms with Gasteiger partial charge in [-0.3, -0.25) is 0 Å². The van der Waals surface area contributed by atoms with E-state index in [1.165, 1.54) is 30.3 Å². The summed E-state index contributed by atoms with van der Waals surface area (Å²) < 4.78 is 52.4. The van der Waals surface area contributed by atoms with E-state index in [2.05, 4.69) is 15.5 Å². The van der Waals surface area contributed by atoms with Crippen LogP contribution < -0.4 is 11.2 Å². The predicted molar refractivity (Wildman–Crippen MR) is 94.1 cm³/mol. The zero-order chi connectivity index (χ0) is 18.7. The number of aliphatic imine (C=N–C) groups is 1. The summed E-state index contributed by atoms with van der Waals surface area (Å²) in [6.45, 7) is 0. The van der Waals surface area contributed by atoms with Crippen molar-refractivity contribution in [2.24, 2.45) is 15.8 Å². The van der Waals surface area contributed by atoms with Crippen LogP contribution in [0.2, 0.25) is 0 Å². The third kappa shape index (κ3) is 4.16. The highest BCUT2D eigenvalue weighted by Gasteiger charge is 2.33. The Kier molecular flexibility index (Phi) is 5.17. The lowest BCUT2D eigenvalue weighted by Crippen LogP contribution is -2.29. The molecule has 0 aromatic heterocycles. The lowest BCUT2D eigenvalue weighted by molar-refractivity contribution is -0.137. The Morgan fingerprint density at radius 2 is 1.92 bits per heavy atom. The van der Waals surface area contributed by atoms with Crippen molar-refractivity contribution < 1.29 is 17.6 Å². The lowest BCUT2D eigenvalue weighted by atomic mass is 10.1. The van der Waals surface area contributed by atoms with E-state index < -0.39 is 11.7 Å². The maximum absolute atomic E-state index is 13.5. The Balaban J connectivity index is 1.84. The van der Waals surface area contributed by atoms with Gasteiger partial charge in [0, 0.05) is 22.6 Å². The Bertz CT molecular complexity index is 877. The fourth-order valence-electron chi connectivity index (χ4n) is 2.45. The molecule has 1 aliphatic heterocycles. The molecule has 0 fully saturated rings. The molecule has 3 N–H and O–H groups in total. The van der Waals surface area contributed by atoms with Crippen LogP contribution in [-0.4, -0.2) is 17.4 Å². The molecule has 0 saturated heterocycles. The second kappa shape index (κ2) is 7.36. The summed E-state index contributed by atoms with van der Waals surface area (Å²) in [4.78, 5) is 4.65. The summed E-state index contributed by atoms with van der Waals surface area (Å²) in [5.74, 6) is 0.0812. The van der Waals surface area contributed by atoms with Crippen LogP contribution in [0.4, 0.5) is 23.2 Å². The van der Waals surface area contributed by atoms with E-state index in [0.717, 1.165) is 16.7 Å². The molecule has 2 aromatic carbocycles. The Morgan fingerprint density at radius 3 is 2.69 bits per heavy atom. The number of fused-ring (bicyclic) bond motifs is 1. The molecule has 0 amide bonds. The molecule has 0 spiro atoms. The van der Waals surface area contributed by atoms with Crippen LogP contribution in [0.25, 0.3) is 0 Å². The number of alkyl halides is 3. The maximum atomic E-state index is 13.5. The van der Waals surface area contributed by atoms with Gasteiger partial charge in [0.15, 0.2) is 0 Å². The minimum atomic E-state index is -4.54. The van der Waals surface area contributed by atoms with Gasteiger partial charge in [-0.2, -0.15) is 18.3 Å². The largest absolute Gasteiger partial charge is 0.418 e. The quantitative estimate of drug-likeness (QED) is 0.353. The van der Waals surface area contributed by atoms with Crippen molar-refractivity contribution in [2.75, 3.05) is 5.75 Å². The van der Waals surface area contributed by atoms with Crippen LogP contribution in [0.5, 0.6) is 0 Å². The topological polar surface area (TPSA) is 62.8 Å². The molecule has 2 aromatic rings. The first kappa shape index (κ1) is 18.2. The number of para-hydroxylation sites is 1. The number of thioether (sulfide) groups is 1. The summed E-state index contributed by atoms with van der Waals surface area (Å²) in [5.41, 5.74) is 8.13. The van der Waals surface area contributed by atoms with E-state index in [0.29, 0.717) is 17.7 Å². The number of halogens is 4. The fraction of sp³-hybridized carbons (Fsp3) is 0.176. The Hall–Kier alpha value is -2.55. The van der Waals surface area contributed by atoms with Gasteiger partial charge in [0.2, 0.25) is 5.96 Å². The zero-order valence-electron chi connectivity index (χ0n) is 13.3. The van der Waals surface area contributed by atoms with E-state index in [9.17, 15) is 17.6 Å². The van der Waals surface area contributed by atoms with Crippen molar-refractivity contribution >= 4 is 29.1 Å². The van der Waals surface area contributed by atoms with Crippen LogP contribution in [0.15, 0.2) is 57.5 Å². The lowest BCUT2D eigenvalue weighted by Gasteiger charge is -2.17. The van der Waals surface area contributed by atoms with E-state index >= 15 is 0 Å². The van der Waals surface area contributed by atoms with Crippen LogP contribution >= 0.6 is 11.8 Å². The van der Waals surface area contributed by atoms with Crippen LogP contribution in [0, 0.1) is 5.82 Å². The van der Waals surface area contributed by atoms with Gasteiger partial charge in [-0.1, -0.05) is 12.1 Å². The summed E-state index contributed by atoms with van der Waals surface area (Å²) in [7, 11) is 0. The number of benzene rings is 2. The highest BCUT2D eigenvalue weighted by molar-refractivity contribution is 7.99. The highest BCUT2D eigenvalue weighted by Crippen LogP contribution is 2.36. The number of rotatable bonds is 2. The van der Waals surface area contributed by atoms with Gasteiger partial charge in [-0.15, -0.1) is 11.8 Å². The van der Waals surface area contributed by atoms with Crippen molar-refractivity contribution in [1.29, 1.82) is 0 Å². The molecule has 0 saturated carbocycles. The van der Waals surface area contributed by atoms with Crippen LogP contribution in [0.1, 0.15) is 17.5 Å². The van der Waals surface area contributed by atoms with E-state index in [4.69, 9.17) is 5.73 Å². The van der Waals surface area contributed by atoms with Gasteiger partial charge in [0.25, 0.3) is 0 Å². The first-order chi connectivity index (χ1) is 12.3. The van der Waals surface area contributed by atoms with Gasteiger partial charge >= 0.3 is 6.18 Å². The molecule has 0 bridgehead atoms. The third-order valence-electron chi connectivity index (χ3n) is 3.60. The SMILES string of the molecule is NC(=Nc1ccccc1C(F)(F)F)N/N=C1\CCSc2ccc(F)cc21. The third-order valence-corrected chi connectivity index (χ3v) is 4.68. The van der Waals surface area contributed by atoms with Gasteiger partial charge in [0.1, 0.15) is 5.82 Å². The predicted octanol–water partition coefficient (Wildman–Crippen LogP) is 4.28. The number of hydrogen-bond acceptors (Lipinski definition) is 3. The molecular formula is C17H14F4N4S. The molecule has 26 heavy (non-hydrogen) atoms. The smallest absolute Gasteiger partial charge is 0.368 e. The number of hydrogen-bond donors (Lipinski definition) is 2. The molecule has 4 nitrogen and oxygen atoms in total. The zero-order valence-corrected chi connectivity index (χ0v) is 14.2. The number of nitrogens with two attached hydrogens (primary N) is 1. The molecule has 1 heterocycles. The summed E-state index contributed by atoms with van der Waals surface area (Å²) >= 11 is 1.58. The average Bonchev–Trinajstić information content (AvgIpc) is 2.59. The van der Waals surface area contributed by atoms with Crippen molar-refractivity contribution in [3.63, 3.8) is 0 Å². The fourth-order valence-corrected chi connectivity index (χ4v) is 3.46. The van der Waals surface area contributed by atoms with Gasteiger partial charge in [-0.25, -0.2) is 14.8 Å². The molecule has 0 radical (unpaired) electrons. The molecule has 1 aliphatic rings. The van der Waals surface area contributed by atoms with E-state index in [-0.39, 0.29) is 17.5 Å². The number of nitrogens with zero attached hydrogens (tertiary/aromatic N) is 2. The monoisotopic (exact) mass is 382 g/mol. The summed E-state index contributed by atoms with van der Waals surface area (Å²) in [6.07, 6.45) is -3.97. The molecule has 136 valence electrons. The van der Waals surface area contributed by atoms with E-state index in [1.807, 2.05) is 0 Å². The first-order valence-electron chi connectivity index (χ1n) is 7.60. The number of guanidine groups is 1. The first-order valence-corrected chi connectivity index (χ1v) is 8.59. The standard InChI is InChI=1S/C17H14F4N4S/c18-10-5-6-15-11(9-10)13(7-8-26-15)24-25-16(22)23-14-4-2-1-3-12(14)17(19,20)21/h1-6,9H,7-8H2,(H3,22,23,25)/b24-13+. The second-order valence-corrected chi connectivity index (χ2v) is 6.56. The van der Waals surface area contributed by atoms with Crippen molar-refractivity contribution in [2.45, 2.75) is 17.5 Å². The Morgan fingerprint density at radius 1 is 1.15 bits per heavy atom. The molecule has 0 atom stereocenters. The molecule has 9 heteroatoms. The molecular weight excluding hydrogens is 368 g/mol. The van der Waals surface area contributed by atoms with Gasteiger partial charge < -0.3 is 5.73 Å². The average molecular weight is 382 g/mol. The normalized spacial score (nSPS) is 16.5. The second-order valence-electron chi connectivity index (χ2n) is 5.42. The van der Waals surface area contributed by atoms with Crippen LogP contribution in [-0.2, 0) is 6.18 Å². The molecule has 0 unspecified atom stereocenters. The number of hydrazone groups is 1. The Labute approximate surface area is 151 Å². The highest BCUT2D eigenvalue weighted by atomic mass is 32.2. The minimum Gasteiger partial charge on any atom is -0.368 e. The molecule has 3 rings (SSSR count).